The van der Waals surface area contributed by atoms with E-state index in [1.807, 2.05) is 0 Å². The fraction of sp³-hybridized carbons (Fsp3) is 0.636. The van der Waals surface area contributed by atoms with Crippen molar-refractivity contribution in [2.45, 2.75) is 38.6 Å². The molecule has 1 unspecified atom stereocenters. The zero-order valence-corrected chi connectivity index (χ0v) is 11.0. The number of likely N-dealkylation sites (tertiary alicyclic amines) is 1. The van der Waals surface area contributed by atoms with Crippen LogP contribution in [0.25, 0.3) is 0 Å². The van der Waals surface area contributed by atoms with Crippen LogP contribution >= 0.6 is 0 Å². The first kappa shape index (κ1) is 13.5. The van der Waals surface area contributed by atoms with Crippen molar-refractivity contribution >= 4 is 11.8 Å². The van der Waals surface area contributed by atoms with Crippen molar-refractivity contribution in [1.82, 2.24) is 20.6 Å². The maximum Gasteiger partial charge on any atom is 0.265 e. The average Bonchev–Trinajstić information content (AvgIpc) is 2.95. The highest BCUT2D eigenvalue weighted by atomic mass is 16.5. The highest BCUT2D eigenvalue weighted by Gasteiger charge is 2.50. The van der Waals surface area contributed by atoms with Crippen molar-refractivity contribution in [3.63, 3.8) is 0 Å². The van der Waals surface area contributed by atoms with Crippen molar-refractivity contribution < 1.29 is 19.2 Å². The number of hydroxylamine groups is 1. The lowest BCUT2D eigenvalue weighted by molar-refractivity contribution is -0.143. The third kappa shape index (κ3) is 2.07. The monoisotopic (exact) mass is 268 g/mol. The second-order valence-electron chi connectivity index (χ2n) is 4.86. The van der Waals surface area contributed by atoms with Gasteiger partial charge in [0.15, 0.2) is 0 Å². The molecule has 2 N–H and O–H groups in total. The minimum Gasteiger partial charge on any atom is -0.424 e. The third-order valence-electron chi connectivity index (χ3n) is 3.54. The lowest BCUT2D eigenvalue weighted by Gasteiger charge is -2.24. The Morgan fingerprint density at radius 2 is 2.26 bits per heavy atom. The van der Waals surface area contributed by atoms with E-state index in [9.17, 15) is 9.59 Å². The van der Waals surface area contributed by atoms with E-state index in [2.05, 4.69) is 10.2 Å². The van der Waals surface area contributed by atoms with Crippen LogP contribution in [0, 0.1) is 6.92 Å². The molecule has 19 heavy (non-hydrogen) atoms. The highest BCUT2D eigenvalue weighted by Crippen LogP contribution is 2.35. The van der Waals surface area contributed by atoms with E-state index in [0.717, 1.165) is 0 Å². The molecule has 104 valence electrons. The Morgan fingerprint density at radius 3 is 2.79 bits per heavy atom. The first-order valence-corrected chi connectivity index (χ1v) is 5.95. The van der Waals surface area contributed by atoms with Gasteiger partial charge in [0, 0.05) is 13.5 Å². The van der Waals surface area contributed by atoms with Crippen molar-refractivity contribution in [3.8, 4) is 0 Å². The summed E-state index contributed by atoms with van der Waals surface area (Å²) >= 11 is 0. The smallest absolute Gasteiger partial charge is 0.265 e. The fourth-order valence-electron chi connectivity index (χ4n) is 2.19. The summed E-state index contributed by atoms with van der Waals surface area (Å²) in [5.74, 6) is -0.232. The van der Waals surface area contributed by atoms with Gasteiger partial charge in [-0.3, -0.25) is 14.8 Å². The Morgan fingerprint density at radius 1 is 1.58 bits per heavy atom. The van der Waals surface area contributed by atoms with E-state index >= 15 is 0 Å². The molecular weight excluding hydrogens is 252 g/mol. The maximum atomic E-state index is 12.4. The van der Waals surface area contributed by atoms with Gasteiger partial charge in [-0.15, -0.1) is 10.2 Å². The second kappa shape index (κ2) is 4.61. The number of aromatic nitrogens is 2. The van der Waals surface area contributed by atoms with Crippen LogP contribution in [-0.2, 0) is 15.0 Å². The molecule has 0 radical (unpaired) electrons. The molecule has 1 aliphatic rings. The van der Waals surface area contributed by atoms with Gasteiger partial charge >= 0.3 is 0 Å². The number of hydrogen-bond donors (Lipinski definition) is 2. The summed E-state index contributed by atoms with van der Waals surface area (Å²) in [4.78, 5) is 25.2. The van der Waals surface area contributed by atoms with Crippen molar-refractivity contribution in [2.75, 3.05) is 6.54 Å². The number of hydrogen-bond acceptors (Lipinski definition) is 6. The van der Waals surface area contributed by atoms with Gasteiger partial charge in [0.05, 0.1) is 0 Å². The molecule has 0 aliphatic carbocycles. The maximum absolute atomic E-state index is 12.4. The largest absolute Gasteiger partial charge is 0.424 e. The molecule has 2 amide bonds. The summed E-state index contributed by atoms with van der Waals surface area (Å²) < 4.78 is 5.34. The number of rotatable bonds is 3. The normalized spacial score (nSPS) is 24.6. The van der Waals surface area contributed by atoms with Crippen molar-refractivity contribution in [3.05, 3.63) is 11.8 Å². The van der Waals surface area contributed by atoms with Crippen molar-refractivity contribution in [1.29, 1.82) is 0 Å². The van der Waals surface area contributed by atoms with Gasteiger partial charge in [0.1, 0.15) is 11.5 Å². The summed E-state index contributed by atoms with van der Waals surface area (Å²) in [6.45, 7) is 5.31. The Kier molecular flexibility index (Phi) is 3.27. The molecule has 1 saturated heterocycles. The van der Waals surface area contributed by atoms with Crippen LogP contribution in [0.1, 0.15) is 32.0 Å². The molecule has 0 bridgehead atoms. The Bertz CT molecular complexity index is 515. The van der Waals surface area contributed by atoms with Gasteiger partial charge in [0.2, 0.25) is 17.7 Å². The molecular formula is C11H16N4O4. The van der Waals surface area contributed by atoms with Crippen LogP contribution < -0.4 is 5.48 Å². The van der Waals surface area contributed by atoms with Gasteiger partial charge in [0.25, 0.3) is 5.91 Å². The van der Waals surface area contributed by atoms with E-state index in [4.69, 9.17) is 9.62 Å². The van der Waals surface area contributed by atoms with Crippen LogP contribution in [0.4, 0.5) is 0 Å². The van der Waals surface area contributed by atoms with Gasteiger partial charge in [-0.1, -0.05) is 0 Å². The second-order valence-corrected chi connectivity index (χ2v) is 4.86. The fourth-order valence-corrected chi connectivity index (χ4v) is 2.19. The van der Waals surface area contributed by atoms with Crippen LogP contribution in [0.2, 0.25) is 0 Å². The Labute approximate surface area is 109 Å². The topological polar surface area (TPSA) is 109 Å². The van der Waals surface area contributed by atoms with Gasteiger partial charge in [-0.2, -0.15) is 0 Å². The standard InChI is InChI=1S/C11H16N4O4/c1-6(8(16)14-18)15-5-4-11(3,10(15)17)9-13-12-7(2)19-9/h6,18H,4-5H2,1-3H3,(H,14,16)/t6-,11?/m1/s1. The quantitative estimate of drug-likeness (QED) is 0.578. The third-order valence-corrected chi connectivity index (χ3v) is 3.54. The predicted octanol–water partition coefficient (Wildman–Crippen LogP) is -0.238. The molecule has 1 aromatic rings. The van der Waals surface area contributed by atoms with E-state index in [0.29, 0.717) is 18.9 Å². The predicted molar refractivity (Wildman–Crippen MR) is 62.1 cm³/mol. The molecule has 1 aromatic heterocycles. The lowest BCUT2D eigenvalue weighted by Crippen LogP contribution is -2.47. The van der Waals surface area contributed by atoms with E-state index in [-0.39, 0.29) is 11.8 Å². The molecule has 0 spiro atoms. The zero-order chi connectivity index (χ0) is 14.2. The van der Waals surface area contributed by atoms with Gasteiger partial charge in [-0.05, 0) is 20.3 Å². The average molecular weight is 268 g/mol. The number of nitrogens with zero attached hydrogens (tertiary/aromatic N) is 3. The molecule has 2 atom stereocenters. The van der Waals surface area contributed by atoms with Crippen LogP contribution in [-0.4, -0.2) is 44.7 Å². The summed E-state index contributed by atoms with van der Waals surface area (Å²) in [5, 5.41) is 16.2. The Hall–Kier alpha value is -1.96. The van der Waals surface area contributed by atoms with Crippen LogP contribution in [0.5, 0.6) is 0 Å². The number of aryl methyl sites for hydroxylation is 1. The number of carbonyl (C=O) groups excluding carboxylic acids is 2. The number of carbonyl (C=O) groups is 2. The van der Waals surface area contributed by atoms with E-state index < -0.39 is 17.4 Å². The van der Waals surface area contributed by atoms with Gasteiger partial charge < -0.3 is 9.32 Å². The molecule has 0 aromatic carbocycles. The first-order valence-electron chi connectivity index (χ1n) is 5.95. The molecule has 1 fully saturated rings. The molecule has 8 nitrogen and oxygen atoms in total. The molecule has 1 aliphatic heterocycles. The first-order chi connectivity index (χ1) is 8.90. The molecule has 0 saturated carbocycles. The minimum atomic E-state index is -0.911. The van der Waals surface area contributed by atoms with Gasteiger partial charge in [-0.25, -0.2) is 5.48 Å². The van der Waals surface area contributed by atoms with Crippen LogP contribution in [0.15, 0.2) is 4.42 Å². The minimum absolute atomic E-state index is 0.257. The summed E-state index contributed by atoms with van der Waals surface area (Å²) in [7, 11) is 0. The Balaban J connectivity index is 2.24. The van der Waals surface area contributed by atoms with Crippen molar-refractivity contribution in [2.24, 2.45) is 0 Å². The van der Waals surface area contributed by atoms with E-state index in [1.165, 1.54) is 4.90 Å². The highest BCUT2D eigenvalue weighted by molar-refractivity contribution is 5.93. The van der Waals surface area contributed by atoms with E-state index in [1.54, 1.807) is 26.3 Å². The summed E-state index contributed by atoms with van der Waals surface area (Å²) in [5.41, 5.74) is 0.638. The number of amides is 2. The SMILES string of the molecule is Cc1nnc(C2(C)CCN([C@H](C)C(=O)NO)C2=O)o1. The summed E-state index contributed by atoms with van der Waals surface area (Å²) in [6, 6.07) is -0.747. The number of nitrogens with one attached hydrogen (secondary N) is 1. The lowest BCUT2D eigenvalue weighted by atomic mass is 9.89. The zero-order valence-electron chi connectivity index (χ0n) is 11.0. The summed E-state index contributed by atoms with van der Waals surface area (Å²) in [6.07, 6.45) is 0.483. The molecule has 8 heteroatoms. The molecule has 2 heterocycles. The van der Waals surface area contributed by atoms with Crippen LogP contribution in [0.3, 0.4) is 0 Å². The molecule has 2 rings (SSSR count).